The van der Waals surface area contributed by atoms with Gasteiger partial charge < -0.3 is 14.4 Å². The molecule has 0 spiro atoms. The molecule has 5 heteroatoms. The quantitative estimate of drug-likeness (QED) is 0.0844. The molecule has 0 saturated carbocycles. The van der Waals surface area contributed by atoms with Crippen LogP contribution in [0.4, 0.5) is 5.69 Å². The summed E-state index contributed by atoms with van der Waals surface area (Å²) in [6, 6.07) is 39.6. The van der Waals surface area contributed by atoms with Gasteiger partial charge in [0, 0.05) is 45.5 Å². The lowest BCUT2D eigenvalue weighted by molar-refractivity contribution is 0.0547. The molecule has 0 aliphatic rings. The lowest BCUT2D eigenvalue weighted by Crippen LogP contribution is -2.29. The first-order valence-corrected chi connectivity index (χ1v) is 14.5. The molecule has 0 aromatic heterocycles. The van der Waals surface area contributed by atoms with Crippen molar-refractivity contribution in [1.29, 1.82) is 0 Å². The van der Waals surface area contributed by atoms with Crippen molar-refractivity contribution in [2.75, 3.05) is 38.8 Å². The topological polar surface area (TPSA) is 42.0 Å². The average molecular weight is 563 g/mol. The lowest BCUT2D eigenvalue weighted by Gasteiger charge is -2.32. The first-order valence-electron chi connectivity index (χ1n) is 14.5. The lowest BCUT2D eigenvalue weighted by atomic mass is 10.0. The van der Waals surface area contributed by atoms with Gasteiger partial charge in [-0.2, -0.15) is 0 Å². The van der Waals surface area contributed by atoms with Crippen molar-refractivity contribution in [3.8, 4) is 0 Å². The molecule has 0 amide bonds. The van der Waals surface area contributed by atoms with Crippen molar-refractivity contribution >= 4 is 11.7 Å². The SMILES string of the molecule is C/C(=C\COC(=O)c1ccc(N(C)C)cc1)COCC[C@H](c1ccccc1)N(Cc1ccccc1)Cc1ccccc1. The number of esters is 1. The molecule has 0 heterocycles. The highest BCUT2D eigenvalue weighted by atomic mass is 16.5. The number of nitrogens with zero attached hydrogens (tertiary/aromatic N) is 2. The Morgan fingerprint density at radius 3 is 1.86 bits per heavy atom. The predicted molar refractivity (Wildman–Crippen MR) is 172 cm³/mol. The second-order valence-corrected chi connectivity index (χ2v) is 10.7. The van der Waals surface area contributed by atoms with Crippen LogP contribution in [0.1, 0.15) is 46.4 Å². The normalized spacial score (nSPS) is 12.2. The van der Waals surface area contributed by atoms with E-state index in [4.69, 9.17) is 9.47 Å². The Bertz CT molecular complexity index is 1330. The van der Waals surface area contributed by atoms with Crippen LogP contribution in [-0.2, 0) is 22.6 Å². The average Bonchev–Trinajstić information content (AvgIpc) is 3.02. The van der Waals surface area contributed by atoms with Crippen LogP contribution >= 0.6 is 0 Å². The van der Waals surface area contributed by atoms with Crippen molar-refractivity contribution in [1.82, 2.24) is 4.90 Å². The van der Waals surface area contributed by atoms with Gasteiger partial charge in [-0.3, -0.25) is 4.90 Å². The van der Waals surface area contributed by atoms with Gasteiger partial charge in [-0.05, 0) is 65.9 Å². The minimum Gasteiger partial charge on any atom is -0.458 e. The number of hydrogen-bond acceptors (Lipinski definition) is 5. The van der Waals surface area contributed by atoms with Crippen LogP contribution in [0.25, 0.3) is 0 Å². The second-order valence-electron chi connectivity index (χ2n) is 10.7. The van der Waals surface area contributed by atoms with Gasteiger partial charge in [-0.25, -0.2) is 4.79 Å². The van der Waals surface area contributed by atoms with E-state index in [-0.39, 0.29) is 18.6 Å². The van der Waals surface area contributed by atoms with Gasteiger partial charge in [0.05, 0.1) is 12.2 Å². The van der Waals surface area contributed by atoms with Gasteiger partial charge in [0.25, 0.3) is 0 Å². The van der Waals surface area contributed by atoms with Crippen molar-refractivity contribution in [3.63, 3.8) is 0 Å². The summed E-state index contributed by atoms with van der Waals surface area (Å²) in [5.74, 6) is -0.326. The summed E-state index contributed by atoms with van der Waals surface area (Å²) in [6.45, 7) is 5.02. The molecule has 42 heavy (non-hydrogen) atoms. The molecule has 4 aromatic carbocycles. The third kappa shape index (κ3) is 9.72. The zero-order valence-corrected chi connectivity index (χ0v) is 25.0. The highest BCUT2D eigenvalue weighted by Gasteiger charge is 2.21. The van der Waals surface area contributed by atoms with Crippen molar-refractivity contribution in [2.45, 2.75) is 32.5 Å². The number of anilines is 1. The monoisotopic (exact) mass is 562 g/mol. The molecule has 0 radical (unpaired) electrons. The van der Waals surface area contributed by atoms with Gasteiger partial charge in [0.1, 0.15) is 6.61 Å². The molecule has 5 nitrogen and oxygen atoms in total. The molecule has 4 aromatic rings. The van der Waals surface area contributed by atoms with Gasteiger partial charge in [-0.1, -0.05) is 91.0 Å². The smallest absolute Gasteiger partial charge is 0.338 e. The zero-order chi connectivity index (χ0) is 29.6. The van der Waals surface area contributed by atoms with Gasteiger partial charge in [0.2, 0.25) is 0 Å². The maximum absolute atomic E-state index is 12.4. The van der Waals surface area contributed by atoms with Gasteiger partial charge >= 0.3 is 5.97 Å². The fraction of sp³-hybridized carbons (Fsp3) is 0.270. The number of hydrogen-bond donors (Lipinski definition) is 0. The van der Waals surface area contributed by atoms with Crippen LogP contribution in [0, 0.1) is 0 Å². The Labute approximate surface area is 251 Å². The van der Waals surface area contributed by atoms with E-state index in [1.165, 1.54) is 16.7 Å². The van der Waals surface area contributed by atoms with Crippen molar-refractivity contribution in [2.24, 2.45) is 0 Å². The minimum absolute atomic E-state index is 0.190. The molecule has 0 aliphatic carbocycles. The summed E-state index contributed by atoms with van der Waals surface area (Å²) in [5.41, 5.74) is 6.48. The van der Waals surface area contributed by atoms with Crippen LogP contribution in [-0.4, -0.2) is 44.8 Å². The number of rotatable bonds is 15. The summed E-state index contributed by atoms with van der Waals surface area (Å²) in [6.07, 6.45) is 2.77. The van der Waals surface area contributed by atoms with Crippen LogP contribution < -0.4 is 4.90 Å². The molecular weight excluding hydrogens is 520 g/mol. The number of benzene rings is 4. The zero-order valence-electron chi connectivity index (χ0n) is 25.0. The molecule has 0 bridgehead atoms. The summed E-state index contributed by atoms with van der Waals surface area (Å²) >= 11 is 0. The Morgan fingerprint density at radius 2 is 1.31 bits per heavy atom. The molecule has 0 N–H and O–H groups in total. The first kappa shape index (κ1) is 30.8. The predicted octanol–water partition coefficient (Wildman–Crippen LogP) is 7.71. The van der Waals surface area contributed by atoms with E-state index < -0.39 is 0 Å². The maximum Gasteiger partial charge on any atom is 0.338 e. The molecule has 0 fully saturated rings. The Hall–Kier alpha value is -4.19. The Morgan fingerprint density at radius 1 is 0.762 bits per heavy atom. The van der Waals surface area contributed by atoms with Crippen LogP contribution in [0.5, 0.6) is 0 Å². The second kappa shape index (κ2) is 16.3. The molecule has 0 saturated heterocycles. The minimum atomic E-state index is -0.326. The highest BCUT2D eigenvalue weighted by Crippen LogP contribution is 2.28. The number of ether oxygens (including phenoxy) is 2. The number of carbonyl (C=O) groups excluding carboxylic acids is 1. The van der Waals surface area contributed by atoms with E-state index in [9.17, 15) is 4.79 Å². The fourth-order valence-corrected chi connectivity index (χ4v) is 4.87. The molecular formula is C37H42N2O3. The van der Waals surface area contributed by atoms with Crippen LogP contribution in [0.15, 0.2) is 127 Å². The first-order chi connectivity index (χ1) is 20.5. The summed E-state index contributed by atoms with van der Waals surface area (Å²) in [5, 5.41) is 0. The van der Waals surface area contributed by atoms with Crippen LogP contribution in [0.2, 0.25) is 0 Å². The van der Waals surface area contributed by atoms with Crippen molar-refractivity contribution < 1.29 is 14.3 Å². The summed E-state index contributed by atoms with van der Waals surface area (Å²) in [4.78, 5) is 16.9. The molecule has 218 valence electrons. The molecule has 1 atom stereocenters. The Balaban J connectivity index is 1.34. The van der Waals surface area contributed by atoms with E-state index in [1.54, 1.807) is 12.1 Å². The Kier molecular flexibility index (Phi) is 11.9. The fourth-order valence-electron chi connectivity index (χ4n) is 4.87. The van der Waals surface area contributed by atoms with E-state index in [0.717, 1.165) is 30.8 Å². The van der Waals surface area contributed by atoms with Gasteiger partial charge in [0.15, 0.2) is 0 Å². The third-order valence-corrected chi connectivity index (χ3v) is 7.21. The summed E-state index contributed by atoms with van der Waals surface area (Å²) < 4.78 is 11.6. The third-order valence-electron chi connectivity index (χ3n) is 7.21. The van der Waals surface area contributed by atoms with Gasteiger partial charge in [-0.15, -0.1) is 0 Å². The van der Waals surface area contributed by atoms with Crippen LogP contribution in [0.3, 0.4) is 0 Å². The number of carbonyl (C=O) groups is 1. The van der Waals surface area contributed by atoms with E-state index in [1.807, 2.05) is 44.1 Å². The largest absolute Gasteiger partial charge is 0.458 e. The molecule has 0 unspecified atom stereocenters. The molecule has 0 aliphatic heterocycles. The van der Waals surface area contributed by atoms with Crippen molar-refractivity contribution in [3.05, 3.63) is 149 Å². The van der Waals surface area contributed by atoms with E-state index in [0.29, 0.717) is 18.8 Å². The summed E-state index contributed by atoms with van der Waals surface area (Å²) in [7, 11) is 3.94. The molecule has 4 rings (SSSR count). The standard InChI is InChI=1S/C37H42N2O3/c1-30(23-26-42-37(40)34-19-21-35(22-20-34)38(2)3)29-41-25-24-36(33-17-11-6-12-18-33)39(27-31-13-7-4-8-14-31)28-32-15-9-5-10-16-32/h4-23,36H,24-29H2,1-3H3/b30-23+/t36-/m1/s1. The maximum atomic E-state index is 12.4. The van der Waals surface area contributed by atoms with E-state index in [2.05, 4.69) is 95.9 Å². The highest BCUT2D eigenvalue weighted by molar-refractivity contribution is 5.89. The van der Waals surface area contributed by atoms with E-state index >= 15 is 0 Å².